The van der Waals surface area contributed by atoms with Crippen LogP contribution in [0.1, 0.15) is 36.3 Å². The molecule has 1 amide bonds. The third-order valence-electron chi connectivity index (χ3n) is 5.79. The summed E-state index contributed by atoms with van der Waals surface area (Å²) < 4.78 is 14.6. The first kappa shape index (κ1) is 18.5. The molecule has 1 aromatic heterocycles. The van der Waals surface area contributed by atoms with E-state index in [2.05, 4.69) is 15.3 Å². The molecule has 0 radical (unpaired) electrons. The van der Waals surface area contributed by atoms with Gasteiger partial charge < -0.3 is 5.32 Å². The lowest BCUT2D eigenvalue weighted by Crippen LogP contribution is -2.59. The second-order valence-electron chi connectivity index (χ2n) is 7.47. The fourth-order valence-electron chi connectivity index (χ4n) is 4.54. The molecule has 1 saturated carbocycles. The number of carbonyl (C=O) groups excluding carboxylic acids is 2. The Kier molecular flexibility index (Phi) is 5.28. The van der Waals surface area contributed by atoms with E-state index in [9.17, 15) is 14.0 Å². The predicted molar refractivity (Wildman–Crippen MR) is 103 cm³/mol. The van der Waals surface area contributed by atoms with Crippen molar-refractivity contribution in [2.75, 3.05) is 0 Å². The molecule has 1 saturated heterocycles. The number of allylic oxidation sites excluding steroid dienone is 1. The van der Waals surface area contributed by atoms with Crippen LogP contribution >= 0.6 is 0 Å². The van der Waals surface area contributed by atoms with Crippen LogP contribution in [0, 0.1) is 11.8 Å². The fraction of sp³-hybridized carbons (Fsp3) is 0.364. The van der Waals surface area contributed by atoms with Gasteiger partial charge in [-0.05, 0) is 36.5 Å². The minimum Gasteiger partial charge on any atom is -0.349 e. The molecule has 28 heavy (non-hydrogen) atoms. The van der Waals surface area contributed by atoms with Gasteiger partial charge in [0.1, 0.15) is 18.4 Å². The number of fused-ring (bicyclic) bond motifs is 1. The van der Waals surface area contributed by atoms with Gasteiger partial charge in [0.25, 0.3) is 0 Å². The van der Waals surface area contributed by atoms with Crippen molar-refractivity contribution in [1.82, 2.24) is 15.3 Å². The second-order valence-corrected chi connectivity index (χ2v) is 7.47. The molecule has 1 aliphatic carbocycles. The highest BCUT2D eigenvalue weighted by atomic mass is 19.1. The maximum atomic E-state index is 14.6. The molecule has 144 valence electrons. The number of ketones is 1. The van der Waals surface area contributed by atoms with E-state index < -0.39 is 24.0 Å². The fourth-order valence-corrected chi connectivity index (χ4v) is 4.54. The Hall–Kier alpha value is -2.89. The second kappa shape index (κ2) is 8.00. The summed E-state index contributed by atoms with van der Waals surface area (Å²) in [7, 11) is 0. The summed E-state index contributed by atoms with van der Waals surface area (Å²) in [6.45, 7) is 0. The number of amides is 1. The number of piperidine rings is 1. The molecule has 1 aromatic carbocycles. The summed E-state index contributed by atoms with van der Waals surface area (Å²) in [4.78, 5) is 33.8. The molecule has 6 heteroatoms. The Morgan fingerprint density at radius 3 is 2.64 bits per heavy atom. The van der Waals surface area contributed by atoms with E-state index >= 15 is 0 Å². The van der Waals surface area contributed by atoms with Crippen molar-refractivity contribution < 1.29 is 14.0 Å². The van der Waals surface area contributed by atoms with Gasteiger partial charge >= 0.3 is 0 Å². The zero-order valence-corrected chi connectivity index (χ0v) is 15.4. The summed E-state index contributed by atoms with van der Waals surface area (Å²) in [6, 6.07) is 9.02. The Balaban J connectivity index is 1.68. The molecular weight excluding hydrogens is 357 g/mol. The maximum absolute atomic E-state index is 14.6. The van der Waals surface area contributed by atoms with Gasteiger partial charge in [-0.25, -0.2) is 14.4 Å². The lowest BCUT2D eigenvalue weighted by atomic mass is 9.64. The molecule has 2 aromatic rings. The van der Waals surface area contributed by atoms with E-state index in [4.69, 9.17) is 0 Å². The van der Waals surface area contributed by atoms with Gasteiger partial charge in [0.05, 0.1) is 6.04 Å². The van der Waals surface area contributed by atoms with Gasteiger partial charge in [-0.15, -0.1) is 0 Å². The van der Waals surface area contributed by atoms with Gasteiger partial charge in [0.2, 0.25) is 5.91 Å². The van der Waals surface area contributed by atoms with Gasteiger partial charge in [0.15, 0.2) is 5.78 Å². The number of benzene rings is 1. The van der Waals surface area contributed by atoms with Crippen LogP contribution in [-0.2, 0) is 9.59 Å². The number of hydrogen-bond donors (Lipinski definition) is 1. The molecule has 5 atom stereocenters. The van der Waals surface area contributed by atoms with Crippen LogP contribution in [0.3, 0.4) is 0 Å². The summed E-state index contributed by atoms with van der Waals surface area (Å²) in [5, 5.41) is 2.80. The number of nitrogens with one attached hydrogen (secondary N) is 1. The van der Waals surface area contributed by atoms with E-state index in [-0.39, 0.29) is 17.6 Å². The average Bonchev–Trinajstić information content (AvgIpc) is 2.73. The molecule has 5 unspecified atom stereocenters. The highest BCUT2D eigenvalue weighted by molar-refractivity contribution is 6.09. The monoisotopic (exact) mass is 379 g/mol. The largest absolute Gasteiger partial charge is 0.349 e. The van der Waals surface area contributed by atoms with Crippen LogP contribution in [0.4, 0.5) is 4.39 Å². The molecule has 1 aliphatic heterocycles. The first-order chi connectivity index (χ1) is 13.6. The number of carbonyl (C=O) groups is 2. The Labute approximate surface area is 163 Å². The van der Waals surface area contributed by atoms with Gasteiger partial charge in [-0.1, -0.05) is 36.8 Å². The van der Waals surface area contributed by atoms with Crippen LogP contribution < -0.4 is 5.32 Å². The maximum Gasteiger partial charge on any atom is 0.231 e. The minimum absolute atomic E-state index is 0.0914. The number of rotatable bonds is 4. The van der Waals surface area contributed by atoms with Gasteiger partial charge in [0, 0.05) is 23.9 Å². The zero-order chi connectivity index (χ0) is 19.5. The Morgan fingerprint density at radius 1 is 1.14 bits per heavy atom. The van der Waals surface area contributed by atoms with Gasteiger partial charge in [-0.2, -0.15) is 0 Å². The van der Waals surface area contributed by atoms with Crippen molar-refractivity contribution in [2.24, 2.45) is 11.8 Å². The van der Waals surface area contributed by atoms with E-state index in [1.165, 1.54) is 12.4 Å². The van der Waals surface area contributed by atoms with E-state index in [0.29, 0.717) is 12.0 Å². The number of nitrogens with zero attached hydrogens (tertiary/aromatic N) is 2. The summed E-state index contributed by atoms with van der Waals surface area (Å²) >= 11 is 0. The first-order valence-electron chi connectivity index (χ1n) is 9.61. The quantitative estimate of drug-likeness (QED) is 0.655. The lowest BCUT2D eigenvalue weighted by molar-refractivity contribution is -0.139. The predicted octanol–water partition coefficient (Wildman–Crippen LogP) is 3.10. The topological polar surface area (TPSA) is 72.0 Å². The number of alkyl halides is 1. The van der Waals surface area contributed by atoms with Crippen molar-refractivity contribution >= 4 is 17.8 Å². The average molecular weight is 379 g/mol. The number of hydrogen-bond acceptors (Lipinski definition) is 4. The highest BCUT2D eigenvalue weighted by Crippen LogP contribution is 2.45. The van der Waals surface area contributed by atoms with Crippen LogP contribution in [0.15, 0.2) is 55.1 Å². The Bertz CT molecular complexity index is 872. The van der Waals surface area contributed by atoms with Crippen molar-refractivity contribution in [3.63, 3.8) is 0 Å². The van der Waals surface area contributed by atoms with E-state index in [1.54, 1.807) is 18.5 Å². The normalized spacial score (nSPS) is 29.9. The minimum atomic E-state index is -1.07. The molecule has 0 bridgehead atoms. The molecule has 4 rings (SSSR count). The van der Waals surface area contributed by atoms with Crippen LogP contribution in [0.2, 0.25) is 0 Å². The number of aromatic nitrogens is 2. The molecule has 2 fully saturated rings. The molecular formula is C22H22FN3O2. The zero-order valence-electron chi connectivity index (χ0n) is 15.4. The highest BCUT2D eigenvalue weighted by Gasteiger charge is 2.50. The van der Waals surface area contributed by atoms with Crippen molar-refractivity contribution in [1.29, 1.82) is 0 Å². The van der Waals surface area contributed by atoms with Crippen molar-refractivity contribution in [3.8, 4) is 0 Å². The standard InChI is InChI=1S/C22H22FN3O2/c23-17-8-4-7-16-19(15-5-2-1-3-6-15)20(22(28)26-21(16)17)18(27)10-9-14-11-24-13-25-12-14/h1-3,5-6,9-13,16-17,19-21H,4,7-8H2,(H,26,28)/b10-9+. The third kappa shape index (κ3) is 3.59. The SMILES string of the molecule is O=C(/C=C/c1cncnc1)C1C(=O)NC2C(F)CCCC2C1c1ccccc1. The third-order valence-corrected chi connectivity index (χ3v) is 5.79. The molecule has 0 spiro atoms. The number of halogens is 1. The van der Waals surface area contributed by atoms with Crippen LogP contribution in [-0.4, -0.2) is 33.9 Å². The van der Waals surface area contributed by atoms with E-state index in [1.807, 2.05) is 30.3 Å². The smallest absolute Gasteiger partial charge is 0.231 e. The first-order valence-corrected chi connectivity index (χ1v) is 9.61. The van der Waals surface area contributed by atoms with Gasteiger partial charge in [-0.3, -0.25) is 9.59 Å². The molecule has 2 aliphatic rings. The lowest BCUT2D eigenvalue weighted by Gasteiger charge is -2.46. The molecule has 5 nitrogen and oxygen atoms in total. The molecule has 1 N–H and O–H groups in total. The molecule has 2 heterocycles. The van der Waals surface area contributed by atoms with E-state index in [0.717, 1.165) is 18.4 Å². The van der Waals surface area contributed by atoms with Crippen LogP contribution in [0.25, 0.3) is 6.08 Å². The summed E-state index contributed by atoms with van der Waals surface area (Å²) in [5.41, 5.74) is 1.60. The van der Waals surface area contributed by atoms with Crippen molar-refractivity contribution in [2.45, 2.75) is 37.4 Å². The van der Waals surface area contributed by atoms with Crippen molar-refractivity contribution in [3.05, 3.63) is 66.3 Å². The summed E-state index contributed by atoms with van der Waals surface area (Å²) in [6.07, 6.45) is 8.57. The summed E-state index contributed by atoms with van der Waals surface area (Å²) in [5.74, 6) is -1.96. The van der Waals surface area contributed by atoms with Crippen LogP contribution in [0.5, 0.6) is 0 Å². The Morgan fingerprint density at radius 2 is 1.89 bits per heavy atom.